The maximum Gasteiger partial charge on any atom is 0.243 e. The molecule has 4 N–H and O–H groups in total. The molecule has 0 bridgehead atoms. The topological polar surface area (TPSA) is 82.3 Å². The van der Waals surface area contributed by atoms with Gasteiger partial charge in [0.15, 0.2) is 0 Å². The van der Waals surface area contributed by atoms with Crippen molar-refractivity contribution in [3.8, 4) is 0 Å². The van der Waals surface area contributed by atoms with E-state index in [1.165, 1.54) is 0 Å². The molecule has 108 valence electrons. The Balaban J connectivity index is 2.03. The van der Waals surface area contributed by atoms with Gasteiger partial charge in [0.2, 0.25) is 11.8 Å². The highest BCUT2D eigenvalue weighted by molar-refractivity contribution is 14.1. The zero-order valence-corrected chi connectivity index (χ0v) is 13.2. The molecule has 3 unspecified atom stereocenters. The van der Waals surface area contributed by atoms with Gasteiger partial charge in [0.1, 0.15) is 5.79 Å². The number of amides is 2. The SMILES string of the molecule is CCCC1(NC2CCC(=O)NC2=O)NCCC(I)N1. The lowest BCUT2D eigenvalue weighted by molar-refractivity contribution is -0.135. The molecule has 2 amide bonds. The molecule has 0 aromatic carbocycles. The zero-order chi connectivity index (χ0) is 13.9. The number of carbonyl (C=O) groups excluding carboxylic acids is 2. The largest absolute Gasteiger partial charge is 0.295 e. The highest BCUT2D eigenvalue weighted by Crippen LogP contribution is 2.19. The van der Waals surface area contributed by atoms with E-state index >= 15 is 0 Å². The number of rotatable bonds is 4. The van der Waals surface area contributed by atoms with E-state index in [-0.39, 0.29) is 17.9 Å². The lowest BCUT2D eigenvalue weighted by atomic mass is 10.0. The molecule has 2 heterocycles. The lowest BCUT2D eigenvalue weighted by Gasteiger charge is -2.44. The van der Waals surface area contributed by atoms with Crippen LogP contribution in [0.25, 0.3) is 0 Å². The van der Waals surface area contributed by atoms with Gasteiger partial charge in [0.05, 0.1) is 10.1 Å². The summed E-state index contributed by atoms with van der Waals surface area (Å²) in [5, 5.41) is 12.7. The Morgan fingerprint density at radius 1 is 1.42 bits per heavy atom. The second kappa shape index (κ2) is 6.47. The van der Waals surface area contributed by atoms with Gasteiger partial charge in [-0.1, -0.05) is 35.9 Å². The number of halogens is 1. The molecule has 0 aromatic rings. The highest BCUT2D eigenvalue weighted by atomic mass is 127. The average molecular weight is 380 g/mol. The fourth-order valence-corrected chi connectivity index (χ4v) is 3.47. The van der Waals surface area contributed by atoms with Crippen molar-refractivity contribution in [1.29, 1.82) is 0 Å². The third-order valence-corrected chi connectivity index (χ3v) is 4.45. The lowest BCUT2D eigenvalue weighted by Crippen LogP contribution is -2.74. The third kappa shape index (κ3) is 3.87. The first kappa shape index (κ1) is 15.1. The summed E-state index contributed by atoms with van der Waals surface area (Å²) in [6.45, 7) is 3.04. The van der Waals surface area contributed by atoms with Crippen LogP contribution in [0.15, 0.2) is 0 Å². The quantitative estimate of drug-likeness (QED) is 0.242. The molecule has 0 spiro atoms. The predicted octanol–water partition coefficient (Wildman–Crippen LogP) is 0.179. The summed E-state index contributed by atoms with van der Waals surface area (Å²) >= 11 is 2.38. The zero-order valence-electron chi connectivity index (χ0n) is 11.1. The van der Waals surface area contributed by atoms with Crippen molar-refractivity contribution in [2.24, 2.45) is 0 Å². The molecular weight excluding hydrogens is 359 g/mol. The molecule has 2 aliphatic heterocycles. The molecule has 0 saturated carbocycles. The fourth-order valence-electron chi connectivity index (χ4n) is 2.63. The van der Waals surface area contributed by atoms with Crippen LogP contribution in [-0.2, 0) is 9.59 Å². The monoisotopic (exact) mass is 380 g/mol. The van der Waals surface area contributed by atoms with E-state index < -0.39 is 5.79 Å². The second-order valence-electron chi connectivity index (χ2n) is 5.13. The van der Waals surface area contributed by atoms with Crippen molar-refractivity contribution in [1.82, 2.24) is 21.3 Å². The molecule has 6 nitrogen and oxygen atoms in total. The van der Waals surface area contributed by atoms with Crippen LogP contribution in [0.1, 0.15) is 39.0 Å². The van der Waals surface area contributed by atoms with Crippen LogP contribution in [0.5, 0.6) is 0 Å². The first-order valence-electron chi connectivity index (χ1n) is 6.83. The number of hydrogen-bond donors (Lipinski definition) is 4. The standard InChI is InChI=1S/C12H21IN4O2/c1-2-6-12(14-7-5-9(13)17-12)16-8-3-4-10(18)15-11(8)19/h8-9,14,16-17H,2-7H2,1H3,(H,15,18,19). The molecular formula is C12H21IN4O2. The normalized spacial score (nSPS) is 36.1. The molecule has 0 aliphatic carbocycles. The Morgan fingerprint density at radius 2 is 2.21 bits per heavy atom. The van der Waals surface area contributed by atoms with Gasteiger partial charge in [0, 0.05) is 13.0 Å². The molecule has 3 atom stereocenters. The van der Waals surface area contributed by atoms with E-state index in [0.717, 1.165) is 25.8 Å². The van der Waals surface area contributed by atoms with Crippen LogP contribution in [0.2, 0.25) is 0 Å². The molecule has 2 aliphatic rings. The second-order valence-corrected chi connectivity index (χ2v) is 6.63. The summed E-state index contributed by atoms with van der Waals surface area (Å²) in [7, 11) is 0. The van der Waals surface area contributed by atoms with E-state index in [4.69, 9.17) is 0 Å². The maximum atomic E-state index is 11.9. The smallest absolute Gasteiger partial charge is 0.243 e. The number of piperidine rings is 1. The first-order valence-corrected chi connectivity index (χ1v) is 8.07. The van der Waals surface area contributed by atoms with Gasteiger partial charge in [0.25, 0.3) is 0 Å². The molecule has 7 heteroatoms. The van der Waals surface area contributed by atoms with Crippen LogP contribution in [0.4, 0.5) is 0 Å². The molecule has 0 aromatic heterocycles. The Hall–Kier alpha value is -0.250. The first-order chi connectivity index (χ1) is 9.04. The maximum absolute atomic E-state index is 11.9. The van der Waals surface area contributed by atoms with Gasteiger partial charge >= 0.3 is 0 Å². The number of carbonyl (C=O) groups is 2. The highest BCUT2D eigenvalue weighted by Gasteiger charge is 2.38. The number of imide groups is 1. The van der Waals surface area contributed by atoms with E-state index in [1.54, 1.807) is 0 Å². The summed E-state index contributed by atoms with van der Waals surface area (Å²) in [5.41, 5.74) is 0. The van der Waals surface area contributed by atoms with E-state index in [0.29, 0.717) is 16.9 Å². The van der Waals surface area contributed by atoms with Gasteiger partial charge in [-0.15, -0.1) is 0 Å². The van der Waals surface area contributed by atoms with Gasteiger partial charge in [-0.3, -0.25) is 30.9 Å². The molecule has 19 heavy (non-hydrogen) atoms. The molecule has 2 saturated heterocycles. The number of hydrogen-bond acceptors (Lipinski definition) is 5. The number of nitrogens with one attached hydrogen (secondary N) is 4. The minimum atomic E-state index is -0.402. The van der Waals surface area contributed by atoms with Crippen LogP contribution in [0, 0.1) is 0 Å². The van der Waals surface area contributed by atoms with Gasteiger partial charge < -0.3 is 0 Å². The summed E-state index contributed by atoms with van der Waals surface area (Å²) in [5.74, 6) is -0.795. The number of alkyl halides is 1. The Labute approximate surface area is 127 Å². The Bertz CT molecular complexity index is 362. The van der Waals surface area contributed by atoms with Crippen LogP contribution < -0.4 is 21.3 Å². The van der Waals surface area contributed by atoms with Gasteiger partial charge in [-0.25, -0.2) is 0 Å². The Morgan fingerprint density at radius 3 is 2.84 bits per heavy atom. The van der Waals surface area contributed by atoms with Crippen LogP contribution >= 0.6 is 22.6 Å². The van der Waals surface area contributed by atoms with Crippen molar-refractivity contribution in [3.63, 3.8) is 0 Å². The average Bonchev–Trinajstić information content (AvgIpc) is 2.33. The van der Waals surface area contributed by atoms with Crippen molar-refractivity contribution in [3.05, 3.63) is 0 Å². The Kier molecular flexibility index (Phi) is 5.15. The van der Waals surface area contributed by atoms with Crippen LogP contribution in [0.3, 0.4) is 0 Å². The molecule has 2 fully saturated rings. The minimum Gasteiger partial charge on any atom is -0.295 e. The summed E-state index contributed by atoms with van der Waals surface area (Å²) in [6, 6.07) is -0.314. The predicted molar refractivity (Wildman–Crippen MR) is 80.5 cm³/mol. The fraction of sp³-hybridized carbons (Fsp3) is 0.833. The van der Waals surface area contributed by atoms with Crippen molar-refractivity contribution < 1.29 is 9.59 Å². The third-order valence-electron chi connectivity index (χ3n) is 3.51. The van der Waals surface area contributed by atoms with Crippen molar-refractivity contribution >= 4 is 34.4 Å². The van der Waals surface area contributed by atoms with Gasteiger partial charge in [-0.2, -0.15) is 0 Å². The summed E-state index contributed by atoms with van der Waals surface area (Å²) in [4.78, 5) is 23.0. The van der Waals surface area contributed by atoms with Crippen molar-refractivity contribution in [2.75, 3.05) is 6.54 Å². The summed E-state index contributed by atoms with van der Waals surface area (Å²) < 4.78 is 0.381. The van der Waals surface area contributed by atoms with Crippen molar-refractivity contribution in [2.45, 2.75) is 54.9 Å². The molecule has 0 radical (unpaired) electrons. The van der Waals surface area contributed by atoms with Gasteiger partial charge in [-0.05, 0) is 19.3 Å². The van der Waals surface area contributed by atoms with E-state index in [2.05, 4.69) is 50.8 Å². The summed E-state index contributed by atoms with van der Waals surface area (Å²) in [6.07, 6.45) is 3.92. The molecule has 2 rings (SSSR count). The van der Waals surface area contributed by atoms with E-state index in [1.807, 2.05) is 0 Å². The van der Waals surface area contributed by atoms with Crippen LogP contribution in [-0.4, -0.2) is 34.2 Å². The minimum absolute atomic E-state index is 0.177. The van der Waals surface area contributed by atoms with E-state index in [9.17, 15) is 9.59 Å².